The van der Waals surface area contributed by atoms with Crippen LogP contribution in [0.2, 0.25) is 0 Å². The molecule has 3 aromatic rings. The van der Waals surface area contributed by atoms with E-state index in [-0.39, 0.29) is 18.7 Å². The Morgan fingerprint density at radius 3 is 2.69 bits per heavy atom. The van der Waals surface area contributed by atoms with Crippen LogP contribution in [0.4, 0.5) is 0 Å². The maximum Gasteiger partial charge on any atom is 0.343 e. The number of fused-ring (bicyclic) bond motifs is 1. The van der Waals surface area contributed by atoms with E-state index >= 15 is 0 Å². The molecule has 2 aromatic carbocycles. The smallest absolute Gasteiger partial charge is 0.343 e. The van der Waals surface area contributed by atoms with E-state index < -0.39 is 12.1 Å². The van der Waals surface area contributed by atoms with Crippen molar-refractivity contribution in [2.45, 2.75) is 13.0 Å². The number of H-pyrrole nitrogens is 1. The molecule has 0 aliphatic heterocycles. The van der Waals surface area contributed by atoms with Crippen LogP contribution in [0.15, 0.2) is 60.8 Å². The average molecular weight is 351 g/mol. The highest BCUT2D eigenvalue weighted by Crippen LogP contribution is 2.18. The molecule has 0 radical (unpaired) electrons. The van der Waals surface area contributed by atoms with E-state index in [1.54, 1.807) is 6.92 Å². The minimum absolute atomic E-state index is 0.257. The standard InChI is InChI=1S/C20H21N3O3/c1-2-26-20(25)15(19-22-16-10-6-7-11-17(16)23-19)12-21-13-18(24)14-8-4-3-5-9-14/h3-12,18,21,24H,2,13H2,1H3,(H,22,23). The number of aromatic amines is 1. The van der Waals surface area contributed by atoms with Gasteiger partial charge in [0.15, 0.2) is 0 Å². The van der Waals surface area contributed by atoms with Gasteiger partial charge in [0.2, 0.25) is 0 Å². The van der Waals surface area contributed by atoms with Crippen LogP contribution in [-0.4, -0.2) is 34.2 Å². The number of ether oxygens (including phenoxy) is 1. The number of benzene rings is 2. The average Bonchev–Trinajstić information content (AvgIpc) is 3.09. The van der Waals surface area contributed by atoms with E-state index in [2.05, 4.69) is 15.3 Å². The van der Waals surface area contributed by atoms with E-state index in [0.29, 0.717) is 5.82 Å². The van der Waals surface area contributed by atoms with Gasteiger partial charge in [0.25, 0.3) is 0 Å². The molecule has 0 saturated carbocycles. The summed E-state index contributed by atoms with van der Waals surface area (Å²) in [5.74, 6) is -0.0559. The molecule has 0 saturated heterocycles. The normalized spacial score (nSPS) is 12.8. The van der Waals surface area contributed by atoms with Gasteiger partial charge in [0, 0.05) is 12.7 Å². The Bertz CT molecular complexity index is 870. The molecule has 3 rings (SSSR count). The molecule has 134 valence electrons. The van der Waals surface area contributed by atoms with Gasteiger partial charge in [-0.1, -0.05) is 42.5 Å². The fourth-order valence-electron chi connectivity index (χ4n) is 2.58. The van der Waals surface area contributed by atoms with Gasteiger partial charge in [-0.3, -0.25) is 0 Å². The van der Waals surface area contributed by atoms with Crippen molar-refractivity contribution in [3.8, 4) is 0 Å². The third-order valence-corrected chi connectivity index (χ3v) is 3.88. The number of rotatable bonds is 7. The third kappa shape index (κ3) is 4.10. The number of imidazole rings is 1. The first-order chi connectivity index (χ1) is 12.7. The summed E-state index contributed by atoms with van der Waals surface area (Å²) in [4.78, 5) is 19.9. The molecule has 0 aliphatic carbocycles. The summed E-state index contributed by atoms with van der Waals surface area (Å²) < 4.78 is 5.13. The fourth-order valence-corrected chi connectivity index (χ4v) is 2.58. The van der Waals surface area contributed by atoms with Crippen LogP contribution in [-0.2, 0) is 9.53 Å². The summed E-state index contributed by atoms with van der Waals surface area (Å²) in [5, 5.41) is 13.2. The second-order valence-corrected chi connectivity index (χ2v) is 5.72. The van der Waals surface area contributed by atoms with Crippen LogP contribution in [0.3, 0.4) is 0 Å². The van der Waals surface area contributed by atoms with Crippen molar-refractivity contribution in [2.24, 2.45) is 0 Å². The highest BCUT2D eigenvalue weighted by molar-refractivity contribution is 6.15. The van der Waals surface area contributed by atoms with Crippen LogP contribution in [0, 0.1) is 0 Å². The zero-order valence-electron chi connectivity index (χ0n) is 14.5. The lowest BCUT2D eigenvalue weighted by Crippen LogP contribution is -2.19. The second-order valence-electron chi connectivity index (χ2n) is 5.72. The number of nitrogens with one attached hydrogen (secondary N) is 2. The number of esters is 1. The Morgan fingerprint density at radius 2 is 1.96 bits per heavy atom. The maximum absolute atomic E-state index is 12.3. The van der Waals surface area contributed by atoms with E-state index in [0.717, 1.165) is 16.6 Å². The molecule has 3 N–H and O–H groups in total. The summed E-state index contributed by atoms with van der Waals surface area (Å²) in [5.41, 5.74) is 2.68. The van der Waals surface area contributed by atoms with Crippen molar-refractivity contribution in [1.82, 2.24) is 15.3 Å². The van der Waals surface area contributed by atoms with Crippen molar-refractivity contribution in [2.75, 3.05) is 13.2 Å². The predicted octanol–water partition coefficient (Wildman–Crippen LogP) is 2.79. The number of carbonyl (C=O) groups excluding carboxylic acids is 1. The topological polar surface area (TPSA) is 87.2 Å². The van der Waals surface area contributed by atoms with Gasteiger partial charge >= 0.3 is 5.97 Å². The van der Waals surface area contributed by atoms with Gasteiger partial charge in [-0.25, -0.2) is 9.78 Å². The van der Waals surface area contributed by atoms with Gasteiger partial charge in [-0.15, -0.1) is 0 Å². The Balaban J connectivity index is 1.79. The van der Waals surface area contributed by atoms with Gasteiger partial charge < -0.3 is 20.1 Å². The minimum Gasteiger partial charge on any atom is -0.462 e. The fraction of sp³-hybridized carbons (Fsp3) is 0.200. The lowest BCUT2D eigenvalue weighted by atomic mass is 10.1. The van der Waals surface area contributed by atoms with E-state index in [9.17, 15) is 9.90 Å². The van der Waals surface area contributed by atoms with Crippen molar-refractivity contribution in [3.05, 3.63) is 72.2 Å². The first-order valence-electron chi connectivity index (χ1n) is 8.48. The van der Waals surface area contributed by atoms with Crippen LogP contribution >= 0.6 is 0 Å². The summed E-state index contributed by atoms with van der Waals surface area (Å²) in [7, 11) is 0. The Morgan fingerprint density at radius 1 is 1.23 bits per heavy atom. The summed E-state index contributed by atoms with van der Waals surface area (Å²) in [6.07, 6.45) is 0.841. The summed E-state index contributed by atoms with van der Waals surface area (Å²) in [6, 6.07) is 16.9. The minimum atomic E-state index is -0.688. The number of hydrogen-bond donors (Lipinski definition) is 3. The zero-order valence-corrected chi connectivity index (χ0v) is 14.5. The van der Waals surface area contributed by atoms with Gasteiger partial charge in [0.05, 0.1) is 23.7 Å². The van der Waals surface area contributed by atoms with Crippen molar-refractivity contribution < 1.29 is 14.6 Å². The quantitative estimate of drug-likeness (QED) is 0.450. The maximum atomic E-state index is 12.3. The number of nitrogens with zero attached hydrogens (tertiary/aromatic N) is 1. The van der Waals surface area contributed by atoms with Gasteiger partial charge in [0.1, 0.15) is 11.4 Å². The molecule has 0 fully saturated rings. The largest absolute Gasteiger partial charge is 0.462 e. The Hall–Kier alpha value is -3.12. The van der Waals surface area contributed by atoms with Crippen LogP contribution in [0.1, 0.15) is 24.4 Å². The van der Waals surface area contributed by atoms with Crippen LogP contribution in [0.5, 0.6) is 0 Å². The van der Waals surface area contributed by atoms with Crippen molar-refractivity contribution in [1.29, 1.82) is 0 Å². The molecule has 6 heteroatoms. The third-order valence-electron chi connectivity index (χ3n) is 3.88. The SMILES string of the molecule is CCOC(=O)C(=CNCC(O)c1ccccc1)c1nc2ccccc2[nH]1. The summed E-state index contributed by atoms with van der Waals surface area (Å²) in [6.45, 7) is 2.27. The molecule has 0 amide bonds. The monoisotopic (exact) mass is 351 g/mol. The molecule has 1 unspecified atom stereocenters. The first-order valence-corrected chi connectivity index (χ1v) is 8.48. The molecular weight excluding hydrogens is 330 g/mol. The number of carbonyl (C=O) groups is 1. The molecule has 1 aromatic heterocycles. The molecule has 1 heterocycles. The lowest BCUT2D eigenvalue weighted by Gasteiger charge is -2.11. The first kappa shape index (κ1) is 17.7. The molecule has 1 atom stereocenters. The molecule has 26 heavy (non-hydrogen) atoms. The van der Waals surface area contributed by atoms with E-state index in [1.165, 1.54) is 6.20 Å². The molecule has 0 bridgehead atoms. The highest BCUT2D eigenvalue weighted by atomic mass is 16.5. The highest BCUT2D eigenvalue weighted by Gasteiger charge is 2.17. The number of hydrogen-bond acceptors (Lipinski definition) is 5. The predicted molar refractivity (Wildman–Crippen MR) is 100 cm³/mol. The lowest BCUT2D eigenvalue weighted by molar-refractivity contribution is -0.136. The van der Waals surface area contributed by atoms with Crippen LogP contribution in [0.25, 0.3) is 16.6 Å². The van der Waals surface area contributed by atoms with Crippen molar-refractivity contribution in [3.63, 3.8) is 0 Å². The second kappa shape index (κ2) is 8.31. The molecule has 0 spiro atoms. The summed E-state index contributed by atoms with van der Waals surface area (Å²) >= 11 is 0. The molecule has 6 nitrogen and oxygen atoms in total. The Kier molecular flexibility index (Phi) is 5.66. The number of aliphatic hydroxyl groups is 1. The van der Waals surface area contributed by atoms with Crippen molar-refractivity contribution >= 4 is 22.6 Å². The molecule has 0 aliphatic rings. The van der Waals surface area contributed by atoms with E-state index in [1.807, 2.05) is 54.6 Å². The van der Waals surface area contributed by atoms with E-state index in [4.69, 9.17) is 4.74 Å². The van der Waals surface area contributed by atoms with Gasteiger partial charge in [-0.05, 0) is 24.6 Å². The van der Waals surface area contributed by atoms with Crippen LogP contribution < -0.4 is 5.32 Å². The number of aromatic nitrogens is 2. The van der Waals surface area contributed by atoms with Gasteiger partial charge in [-0.2, -0.15) is 0 Å². The Labute approximate surface area is 151 Å². The number of aliphatic hydroxyl groups excluding tert-OH is 1. The molecular formula is C20H21N3O3. The number of para-hydroxylation sites is 2. The zero-order chi connectivity index (χ0) is 18.4.